The molecule has 0 bridgehead atoms. The molecule has 1 heterocycles. The summed E-state index contributed by atoms with van der Waals surface area (Å²) in [6, 6.07) is 6.02. The minimum atomic E-state index is -3.62. The van der Waals surface area contributed by atoms with Gasteiger partial charge >= 0.3 is 5.97 Å². The topological polar surface area (TPSA) is 89.7 Å². The number of nitrogens with zero attached hydrogens (tertiary/aromatic N) is 2. The van der Waals surface area contributed by atoms with Crippen LogP contribution in [0.5, 0.6) is 0 Å². The van der Waals surface area contributed by atoms with Crippen molar-refractivity contribution < 1.29 is 22.5 Å². The second-order valence-corrected chi connectivity index (χ2v) is 7.42. The SMILES string of the molecule is Cc1cc(COC(=O)c2cc(S(=O)(=O)N(C)C)ccc2C)no1. The van der Waals surface area contributed by atoms with Crippen molar-refractivity contribution in [3.63, 3.8) is 0 Å². The third-order valence-corrected chi connectivity index (χ3v) is 5.05. The minimum Gasteiger partial charge on any atom is -0.455 e. The maximum absolute atomic E-state index is 12.2. The van der Waals surface area contributed by atoms with Gasteiger partial charge in [0.25, 0.3) is 0 Å². The fourth-order valence-corrected chi connectivity index (χ4v) is 2.82. The van der Waals surface area contributed by atoms with Crippen LogP contribution in [-0.2, 0) is 21.4 Å². The quantitative estimate of drug-likeness (QED) is 0.774. The normalized spacial score (nSPS) is 11.7. The molecule has 0 aliphatic rings. The van der Waals surface area contributed by atoms with Crippen LogP contribution >= 0.6 is 0 Å². The van der Waals surface area contributed by atoms with Crippen LogP contribution in [0.3, 0.4) is 0 Å². The minimum absolute atomic E-state index is 0.0392. The predicted molar refractivity (Wildman–Crippen MR) is 82.4 cm³/mol. The van der Waals surface area contributed by atoms with E-state index in [2.05, 4.69) is 5.16 Å². The van der Waals surface area contributed by atoms with Gasteiger partial charge in [0.15, 0.2) is 0 Å². The molecule has 23 heavy (non-hydrogen) atoms. The summed E-state index contributed by atoms with van der Waals surface area (Å²) in [5.74, 6) is 0.00487. The number of hydrogen-bond donors (Lipinski definition) is 0. The molecule has 0 N–H and O–H groups in total. The molecule has 0 atom stereocenters. The Morgan fingerprint density at radius 1 is 1.26 bits per heavy atom. The number of sulfonamides is 1. The molecule has 7 nitrogen and oxygen atoms in total. The summed E-state index contributed by atoms with van der Waals surface area (Å²) in [7, 11) is -0.754. The summed E-state index contributed by atoms with van der Waals surface area (Å²) in [5.41, 5.74) is 1.32. The van der Waals surface area contributed by atoms with Gasteiger partial charge in [0.2, 0.25) is 10.0 Å². The molecular formula is C15H18N2O5S. The highest BCUT2D eigenvalue weighted by atomic mass is 32.2. The van der Waals surface area contributed by atoms with Crippen LogP contribution in [0.4, 0.5) is 0 Å². The van der Waals surface area contributed by atoms with Gasteiger partial charge in [0.05, 0.1) is 10.5 Å². The van der Waals surface area contributed by atoms with Crippen LogP contribution in [0.2, 0.25) is 0 Å². The van der Waals surface area contributed by atoms with Gasteiger partial charge in [-0.2, -0.15) is 0 Å². The van der Waals surface area contributed by atoms with Gasteiger partial charge in [-0.15, -0.1) is 0 Å². The zero-order valence-electron chi connectivity index (χ0n) is 13.4. The van der Waals surface area contributed by atoms with E-state index in [9.17, 15) is 13.2 Å². The molecule has 0 aliphatic heterocycles. The maximum Gasteiger partial charge on any atom is 0.338 e. The predicted octanol–water partition coefficient (Wildman–Crippen LogP) is 1.90. The molecule has 124 valence electrons. The Bertz CT molecular complexity index is 824. The summed E-state index contributed by atoms with van der Waals surface area (Å²) in [4.78, 5) is 12.2. The molecule has 0 saturated carbocycles. The zero-order valence-corrected chi connectivity index (χ0v) is 14.2. The Balaban J connectivity index is 2.23. The number of benzene rings is 1. The molecule has 1 aromatic heterocycles. The zero-order chi connectivity index (χ0) is 17.2. The van der Waals surface area contributed by atoms with E-state index >= 15 is 0 Å². The average molecular weight is 338 g/mol. The van der Waals surface area contributed by atoms with Crippen LogP contribution in [0.1, 0.15) is 27.4 Å². The number of rotatable bonds is 5. The highest BCUT2D eigenvalue weighted by Gasteiger charge is 2.21. The number of carbonyl (C=O) groups is 1. The standard InChI is InChI=1S/C15H18N2O5S/c1-10-5-6-13(23(19,20)17(3)4)8-14(10)15(18)21-9-12-7-11(2)22-16-12/h5-8H,9H2,1-4H3. The smallest absolute Gasteiger partial charge is 0.338 e. The van der Waals surface area contributed by atoms with E-state index in [1.807, 2.05) is 0 Å². The van der Waals surface area contributed by atoms with E-state index < -0.39 is 16.0 Å². The highest BCUT2D eigenvalue weighted by molar-refractivity contribution is 7.89. The second-order valence-electron chi connectivity index (χ2n) is 5.27. The first-order chi connectivity index (χ1) is 10.7. The van der Waals surface area contributed by atoms with E-state index in [4.69, 9.17) is 9.26 Å². The van der Waals surface area contributed by atoms with E-state index in [0.29, 0.717) is 17.0 Å². The molecule has 0 unspecified atom stereocenters. The van der Waals surface area contributed by atoms with Gasteiger partial charge in [-0.3, -0.25) is 0 Å². The van der Waals surface area contributed by atoms with Gasteiger partial charge in [-0.25, -0.2) is 17.5 Å². The summed E-state index contributed by atoms with van der Waals surface area (Å²) < 4.78 is 35.4. The van der Waals surface area contributed by atoms with Crippen molar-refractivity contribution in [2.24, 2.45) is 0 Å². The van der Waals surface area contributed by atoms with E-state index in [-0.39, 0.29) is 17.1 Å². The van der Waals surface area contributed by atoms with Crippen LogP contribution in [0, 0.1) is 13.8 Å². The Labute approximate surface area is 134 Å². The largest absolute Gasteiger partial charge is 0.455 e. The summed E-state index contributed by atoms with van der Waals surface area (Å²) in [5, 5.41) is 3.73. The van der Waals surface area contributed by atoms with Crippen molar-refractivity contribution in [3.05, 3.63) is 46.8 Å². The lowest BCUT2D eigenvalue weighted by molar-refractivity contribution is 0.0463. The van der Waals surface area contributed by atoms with Crippen LogP contribution in [-0.4, -0.2) is 37.9 Å². The fraction of sp³-hybridized carbons (Fsp3) is 0.333. The molecule has 1 aromatic carbocycles. The monoisotopic (exact) mass is 338 g/mol. The molecule has 2 aromatic rings. The van der Waals surface area contributed by atoms with Gasteiger partial charge in [-0.05, 0) is 31.5 Å². The second kappa shape index (κ2) is 6.51. The number of carbonyl (C=O) groups excluding carboxylic acids is 1. The van der Waals surface area contributed by atoms with Crippen LogP contribution < -0.4 is 0 Å². The Morgan fingerprint density at radius 2 is 1.96 bits per heavy atom. The molecule has 0 aliphatic carbocycles. The van der Waals surface area contributed by atoms with Crippen molar-refractivity contribution in [3.8, 4) is 0 Å². The molecule has 0 radical (unpaired) electrons. The van der Waals surface area contributed by atoms with Crippen LogP contribution in [0.15, 0.2) is 33.7 Å². The van der Waals surface area contributed by atoms with Gasteiger partial charge < -0.3 is 9.26 Å². The fourth-order valence-electron chi connectivity index (χ4n) is 1.90. The molecule has 2 rings (SSSR count). The molecule has 0 spiro atoms. The first-order valence-electron chi connectivity index (χ1n) is 6.84. The van der Waals surface area contributed by atoms with E-state index in [0.717, 1.165) is 4.31 Å². The maximum atomic E-state index is 12.2. The molecule has 0 amide bonds. The van der Waals surface area contributed by atoms with Crippen molar-refractivity contribution >= 4 is 16.0 Å². The lowest BCUT2D eigenvalue weighted by Crippen LogP contribution is -2.22. The summed E-state index contributed by atoms with van der Waals surface area (Å²) in [6.07, 6.45) is 0. The van der Waals surface area contributed by atoms with Gasteiger partial charge in [0, 0.05) is 20.2 Å². The number of aromatic nitrogens is 1. The van der Waals surface area contributed by atoms with Gasteiger partial charge in [-0.1, -0.05) is 11.2 Å². The summed E-state index contributed by atoms with van der Waals surface area (Å²) >= 11 is 0. The molecule has 8 heteroatoms. The van der Waals surface area contributed by atoms with Crippen molar-refractivity contribution in [1.29, 1.82) is 0 Å². The number of esters is 1. The number of hydrogen-bond acceptors (Lipinski definition) is 6. The first-order valence-corrected chi connectivity index (χ1v) is 8.28. The van der Waals surface area contributed by atoms with Crippen molar-refractivity contribution in [2.45, 2.75) is 25.3 Å². The number of aryl methyl sites for hydroxylation is 2. The lowest BCUT2D eigenvalue weighted by Gasteiger charge is -2.13. The average Bonchev–Trinajstić information content (AvgIpc) is 2.90. The van der Waals surface area contributed by atoms with E-state index in [1.54, 1.807) is 26.0 Å². The Kier molecular flexibility index (Phi) is 4.86. The Morgan fingerprint density at radius 3 is 2.52 bits per heavy atom. The molecule has 0 saturated heterocycles. The third kappa shape index (κ3) is 3.77. The van der Waals surface area contributed by atoms with Crippen LogP contribution in [0.25, 0.3) is 0 Å². The first kappa shape index (κ1) is 17.2. The lowest BCUT2D eigenvalue weighted by atomic mass is 10.1. The van der Waals surface area contributed by atoms with Crippen molar-refractivity contribution in [1.82, 2.24) is 9.46 Å². The molecule has 0 fully saturated rings. The van der Waals surface area contributed by atoms with Crippen molar-refractivity contribution in [2.75, 3.05) is 14.1 Å². The Hall–Kier alpha value is -2.19. The molecular weight excluding hydrogens is 320 g/mol. The third-order valence-electron chi connectivity index (χ3n) is 3.24. The highest BCUT2D eigenvalue weighted by Crippen LogP contribution is 2.19. The number of ether oxygens (including phenoxy) is 1. The van der Waals surface area contributed by atoms with E-state index in [1.165, 1.54) is 26.2 Å². The van der Waals surface area contributed by atoms with Gasteiger partial charge in [0.1, 0.15) is 18.1 Å². The summed E-state index contributed by atoms with van der Waals surface area (Å²) in [6.45, 7) is 3.40.